The van der Waals surface area contributed by atoms with E-state index in [4.69, 9.17) is 4.74 Å². The zero-order valence-corrected chi connectivity index (χ0v) is 13.1. The Morgan fingerprint density at radius 2 is 2.00 bits per heavy atom. The van der Waals surface area contributed by atoms with Crippen molar-refractivity contribution in [2.45, 2.75) is 71.6 Å². The van der Waals surface area contributed by atoms with Crippen molar-refractivity contribution in [3.05, 3.63) is 0 Å². The van der Waals surface area contributed by atoms with Crippen molar-refractivity contribution in [2.75, 3.05) is 13.2 Å². The van der Waals surface area contributed by atoms with Gasteiger partial charge in [0, 0.05) is 12.6 Å². The Morgan fingerprint density at radius 3 is 2.60 bits per heavy atom. The van der Waals surface area contributed by atoms with Gasteiger partial charge in [-0.25, -0.2) is 0 Å². The van der Waals surface area contributed by atoms with Gasteiger partial charge in [-0.05, 0) is 46.6 Å². The van der Waals surface area contributed by atoms with Crippen LogP contribution in [0.2, 0.25) is 0 Å². The number of amides is 2. The number of nitrogens with one attached hydrogen (secondary N) is 1. The van der Waals surface area contributed by atoms with Crippen LogP contribution in [0.1, 0.15) is 53.4 Å². The van der Waals surface area contributed by atoms with Crippen LogP contribution >= 0.6 is 0 Å². The summed E-state index contributed by atoms with van der Waals surface area (Å²) in [6.45, 7) is 9.44. The van der Waals surface area contributed by atoms with Gasteiger partial charge in [0.05, 0.1) is 18.6 Å². The molecule has 116 valence electrons. The second-order valence-corrected chi connectivity index (χ2v) is 5.70. The first-order valence-electron chi connectivity index (χ1n) is 7.68. The van der Waals surface area contributed by atoms with Gasteiger partial charge in [-0.15, -0.1) is 0 Å². The maximum Gasteiger partial charge on any atom is 0.247 e. The Bertz CT molecular complexity index is 331. The first-order chi connectivity index (χ1) is 9.47. The van der Waals surface area contributed by atoms with Crippen LogP contribution in [0, 0.1) is 0 Å². The van der Waals surface area contributed by atoms with Gasteiger partial charge in [0.25, 0.3) is 0 Å². The summed E-state index contributed by atoms with van der Waals surface area (Å²) in [5.41, 5.74) is 0. The Morgan fingerprint density at radius 1 is 1.30 bits per heavy atom. The average Bonchev–Trinajstić information content (AvgIpc) is 2.67. The lowest BCUT2D eigenvalue weighted by Crippen LogP contribution is -2.42. The van der Waals surface area contributed by atoms with Crippen LogP contribution in [-0.4, -0.2) is 48.1 Å². The minimum Gasteiger partial charge on any atom is -0.379 e. The summed E-state index contributed by atoms with van der Waals surface area (Å²) in [6, 6.07) is -0.330. The molecule has 0 aromatic rings. The monoisotopic (exact) mass is 284 g/mol. The molecule has 0 bridgehead atoms. The highest BCUT2D eigenvalue weighted by molar-refractivity contribution is 6.05. The molecule has 0 spiro atoms. The fourth-order valence-electron chi connectivity index (χ4n) is 2.28. The fourth-order valence-corrected chi connectivity index (χ4v) is 2.28. The summed E-state index contributed by atoms with van der Waals surface area (Å²) in [4.78, 5) is 25.4. The minimum atomic E-state index is -0.331. The number of hydrogen-bond acceptors (Lipinski definition) is 4. The number of imide groups is 1. The van der Waals surface area contributed by atoms with Gasteiger partial charge < -0.3 is 10.1 Å². The third-order valence-electron chi connectivity index (χ3n) is 3.63. The first kappa shape index (κ1) is 17.1. The zero-order chi connectivity index (χ0) is 15.1. The summed E-state index contributed by atoms with van der Waals surface area (Å²) < 4.78 is 5.46. The van der Waals surface area contributed by atoms with Gasteiger partial charge in [-0.2, -0.15) is 0 Å². The van der Waals surface area contributed by atoms with Gasteiger partial charge >= 0.3 is 0 Å². The SMILES string of the molecule is CCC(C)N1C(=O)CC(NCCCCOC(C)C)C1=O. The fraction of sp³-hybridized carbons (Fsp3) is 0.867. The van der Waals surface area contributed by atoms with E-state index in [1.807, 2.05) is 27.7 Å². The van der Waals surface area contributed by atoms with Crippen LogP contribution < -0.4 is 5.32 Å². The molecular formula is C15H28N2O3. The summed E-state index contributed by atoms with van der Waals surface area (Å²) in [5, 5.41) is 3.19. The van der Waals surface area contributed by atoms with E-state index in [9.17, 15) is 9.59 Å². The van der Waals surface area contributed by atoms with E-state index >= 15 is 0 Å². The molecule has 2 atom stereocenters. The molecule has 0 aliphatic carbocycles. The molecule has 1 fully saturated rings. The van der Waals surface area contributed by atoms with Crippen molar-refractivity contribution in [3.8, 4) is 0 Å². The van der Waals surface area contributed by atoms with Crippen LogP contribution in [0.3, 0.4) is 0 Å². The number of rotatable bonds is 9. The highest BCUT2D eigenvalue weighted by atomic mass is 16.5. The quantitative estimate of drug-likeness (QED) is 0.517. The Labute approximate surface area is 122 Å². The van der Waals surface area contributed by atoms with E-state index in [-0.39, 0.29) is 30.0 Å². The highest BCUT2D eigenvalue weighted by Crippen LogP contribution is 2.17. The number of ether oxygens (including phenoxy) is 1. The van der Waals surface area contributed by atoms with Crippen molar-refractivity contribution in [1.29, 1.82) is 0 Å². The Hall–Kier alpha value is -0.940. The summed E-state index contributed by atoms with van der Waals surface area (Å²) in [7, 11) is 0. The second-order valence-electron chi connectivity index (χ2n) is 5.70. The van der Waals surface area contributed by atoms with E-state index in [2.05, 4.69) is 5.32 Å². The van der Waals surface area contributed by atoms with Gasteiger partial charge in [-0.1, -0.05) is 6.92 Å². The zero-order valence-electron chi connectivity index (χ0n) is 13.1. The molecule has 1 heterocycles. The Balaban J connectivity index is 2.25. The summed E-state index contributed by atoms with van der Waals surface area (Å²) in [5.74, 6) is -0.118. The predicted molar refractivity (Wildman–Crippen MR) is 78.3 cm³/mol. The van der Waals surface area contributed by atoms with Crippen molar-refractivity contribution < 1.29 is 14.3 Å². The molecule has 0 aromatic heterocycles. The maximum absolute atomic E-state index is 12.1. The molecule has 1 N–H and O–H groups in total. The second kappa shape index (κ2) is 8.37. The first-order valence-corrected chi connectivity index (χ1v) is 7.68. The lowest BCUT2D eigenvalue weighted by atomic mass is 10.2. The van der Waals surface area contributed by atoms with Gasteiger partial charge in [0.1, 0.15) is 0 Å². The van der Waals surface area contributed by atoms with Crippen LogP contribution in [0.25, 0.3) is 0 Å². The molecule has 2 amide bonds. The molecule has 1 rings (SSSR count). The van der Waals surface area contributed by atoms with Gasteiger partial charge in [-0.3, -0.25) is 14.5 Å². The summed E-state index contributed by atoms with van der Waals surface area (Å²) in [6.07, 6.45) is 3.28. The molecule has 1 saturated heterocycles. The lowest BCUT2D eigenvalue weighted by molar-refractivity contribution is -0.141. The minimum absolute atomic E-state index is 0.00115. The molecule has 0 aromatic carbocycles. The number of carbonyl (C=O) groups is 2. The topological polar surface area (TPSA) is 58.6 Å². The highest BCUT2D eigenvalue weighted by Gasteiger charge is 2.39. The molecule has 0 saturated carbocycles. The molecule has 5 nitrogen and oxygen atoms in total. The molecule has 1 aliphatic heterocycles. The maximum atomic E-state index is 12.1. The Kier molecular flexibility index (Phi) is 7.16. The van der Waals surface area contributed by atoms with Crippen molar-refractivity contribution in [2.24, 2.45) is 0 Å². The standard InChI is InChI=1S/C15H28N2O3/c1-5-12(4)17-14(18)10-13(15(17)19)16-8-6-7-9-20-11(2)3/h11-13,16H,5-10H2,1-4H3. The van der Waals surface area contributed by atoms with E-state index in [1.165, 1.54) is 4.90 Å². The average molecular weight is 284 g/mol. The molecule has 0 radical (unpaired) electrons. The molecule has 1 aliphatic rings. The van der Waals surface area contributed by atoms with E-state index in [0.29, 0.717) is 6.42 Å². The normalized spacial score (nSPS) is 21.1. The van der Waals surface area contributed by atoms with E-state index in [1.54, 1.807) is 0 Å². The molecular weight excluding hydrogens is 256 g/mol. The molecule has 5 heteroatoms. The number of unbranched alkanes of at least 4 members (excludes halogenated alkanes) is 1. The predicted octanol–water partition coefficient (Wildman–Crippen LogP) is 1.71. The molecule has 20 heavy (non-hydrogen) atoms. The lowest BCUT2D eigenvalue weighted by Gasteiger charge is -2.21. The smallest absolute Gasteiger partial charge is 0.247 e. The van der Waals surface area contributed by atoms with Crippen LogP contribution in [0.15, 0.2) is 0 Å². The largest absolute Gasteiger partial charge is 0.379 e. The van der Waals surface area contributed by atoms with E-state index < -0.39 is 0 Å². The summed E-state index contributed by atoms with van der Waals surface area (Å²) >= 11 is 0. The third-order valence-corrected chi connectivity index (χ3v) is 3.63. The van der Waals surface area contributed by atoms with Crippen LogP contribution in [-0.2, 0) is 14.3 Å². The van der Waals surface area contributed by atoms with Crippen LogP contribution in [0.4, 0.5) is 0 Å². The molecule has 2 unspecified atom stereocenters. The van der Waals surface area contributed by atoms with Crippen molar-refractivity contribution >= 4 is 11.8 Å². The van der Waals surface area contributed by atoms with Crippen LogP contribution in [0.5, 0.6) is 0 Å². The van der Waals surface area contributed by atoms with Crippen molar-refractivity contribution in [1.82, 2.24) is 10.2 Å². The third kappa shape index (κ3) is 4.87. The number of nitrogens with zero attached hydrogens (tertiary/aromatic N) is 1. The number of hydrogen-bond donors (Lipinski definition) is 1. The number of carbonyl (C=O) groups excluding carboxylic acids is 2. The number of likely N-dealkylation sites (tertiary alicyclic amines) is 1. The van der Waals surface area contributed by atoms with Crippen molar-refractivity contribution in [3.63, 3.8) is 0 Å². The van der Waals surface area contributed by atoms with E-state index in [0.717, 1.165) is 32.4 Å². The van der Waals surface area contributed by atoms with Gasteiger partial charge in [0.15, 0.2) is 0 Å². The van der Waals surface area contributed by atoms with Gasteiger partial charge in [0.2, 0.25) is 11.8 Å².